The molecule has 1 atom stereocenters. The molecule has 0 spiro atoms. The summed E-state index contributed by atoms with van der Waals surface area (Å²) >= 11 is 0. The molecule has 1 N–H and O–H groups in total. The zero-order valence-electron chi connectivity index (χ0n) is 10.7. The van der Waals surface area contributed by atoms with E-state index in [0.717, 1.165) is 0 Å². The van der Waals surface area contributed by atoms with Crippen LogP contribution in [0.4, 0.5) is 11.4 Å². The Balaban J connectivity index is 3.12. The van der Waals surface area contributed by atoms with Crippen molar-refractivity contribution in [2.75, 3.05) is 12.4 Å². The lowest BCUT2D eigenvalue weighted by Crippen LogP contribution is -2.16. The van der Waals surface area contributed by atoms with E-state index in [9.17, 15) is 14.9 Å². The van der Waals surface area contributed by atoms with Crippen LogP contribution in [-0.2, 0) is 4.74 Å². The van der Waals surface area contributed by atoms with Crippen molar-refractivity contribution >= 4 is 17.3 Å². The van der Waals surface area contributed by atoms with E-state index in [-0.39, 0.29) is 23.0 Å². The maximum Gasteiger partial charge on any atom is 0.337 e. The molecule has 0 fully saturated rings. The van der Waals surface area contributed by atoms with E-state index < -0.39 is 10.9 Å². The van der Waals surface area contributed by atoms with E-state index in [0.29, 0.717) is 6.42 Å². The highest BCUT2D eigenvalue weighted by Gasteiger charge is 2.18. The Labute approximate surface area is 110 Å². The van der Waals surface area contributed by atoms with Crippen molar-refractivity contribution in [3.63, 3.8) is 0 Å². The van der Waals surface area contributed by atoms with Crippen LogP contribution in [-0.4, -0.2) is 24.0 Å². The summed E-state index contributed by atoms with van der Waals surface area (Å²) in [5.41, 5.74) is 0.371. The average Bonchev–Trinajstić information content (AvgIpc) is 2.37. The molecular formula is C13H14N2O4. The van der Waals surface area contributed by atoms with Gasteiger partial charge < -0.3 is 10.1 Å². The zero-order valence-corrected chi connectivity index (χ0v) is 10.7. The number of nitro groups is 1. The predicted molar refractivity (Wildman–Crippen MR) is 71.0 cm³/mol. The SMILES string of the molecule is C#CCC(C)Nc1cc(C(=O)OC)ccc1[N+](=O)[O-]. The third kappa shape index (κ3) is 3.71. The number of methoxy groups -OCH3 is 1. The van der Waals surface area contributed by atoms with E-state index in [1.165, 1.54) is 25.3 Å². The molecule has 0 amide bonds. The van der Waals surface area contributed by atoms with Gasteiger partial charge in [0.1, 0.15) is 5.69 Å². The summed E-state index contributed by atoms with van der Waals surface area (Å²) in [6.45, 7) is 1.80. The Morgan fingerprint density at radius 1 is 1.63 bits per heavy atom. The van der Waals surface area contributed by atoms with Gasteiger partial charge in [0, 0.05) is 18.5 Å². The number of benzene rings is 1. The summed E-state index contributed by atoms with van der Waals surface area (Å²) in [4.78, 5) is 21.8. The fourth-order valence-corrected chi connectivity index (χ4v) is 1.55. The van der Waals surface area contributed by atoms with Crippen molar-refractivity contribution < 1.29 is 14.5 Å². The normalized spacial score (nSPS) is 11.2. The van der Waals surface area contributed by atoms with Crippen LogP contribution in [0.3, 0.4) is 0 Å². The number of nitrogens with one attached hydrogen (secondary N) is 1. The molecule has 0 saturated carbocycles. The molecule has 0 aliphatic heterocycles. The second kappa shape index (κ2) is 6.40. The third-order valence-corrected chi connectivity index (χ3v) is 2.44. The number of rotatable bonds is 5. The van der Waals surface area contributed by atoms with Gasteiger partial charge in [-0.3, -0.25) is 10.1 Å². The lowest BCUT2D eigenvalue weighted by atomic mass is 10.1. The number of terminal acetylenes is 1. The van der Waals surface area contributed by atoms with E-state index in [1.807, 2.05) is 0 Å². The number of carbonyl (C=O) groups is 1. The van der Waals surface area contributed by atoms with Crippen molar-refractivity contribution in [1.29, 1.82) is 0 Å². The molecule has 0 radical (unpaired) electrons. The standard InChI is InChI=1S/C13H14N2O4/c1-4-5-9(2)14-11-8-10(13(16)19-3)6-7-12(11)15(17)18/h1,6-9,14H,5H2,2-3H3. The summed E-state index contributed by atoms with van der Waals surface area (Å²) < 4.78 is 4.58. The zero-order chi connectivity index (χ0) is 14.4. The van der Waals surface area contributed by atoms with Gasteiger partial charge in [-0.15, -0.1) is 12.3 Å². The van der Waals surface area contributed by atoms with Crippen LogP contribution in [0.1, 0.15) is 23.7 Å². The van der Waals surface area contributed by atoms with Gasteiger partial charge in [-0.05, 0) is 19.1 Å². The Bertz CT molecular complexity index is 534. The topological polar surface area (TPSA) is 81.5 Å². The minimum absolute atomic E-state index is 0.114. The first-order valence-corrected chi connectivity index (χ1v) is 5.56. The van der Waals surface area contributed by atoms with Gasteiger partial charge in [0.05, 0.1) is 17.6 Å². The smallest absolute Gasteiger partial charge is 0.337 e. The number of esters is 1. The minimum Gasteiger partial charge on any atom is -0.465 e. The second-order valence-electron chi connectivity index (χ2n) is 3.93. The molecule has 0 aromatic heterocycles. The molecule has 0 saturated heterocycles. The maximum absolute atomic E-state index is 11.4. The van der Waals surface area contributed by atoms with E-state index in [2.05, 4.69) is 16.0 Å². The van der Waals surface area contributed by atoms with Gasteiger partial charge in [-0.25, -0.2) is 4.79 Å². The van der Waals surface area contributed by atoms with E-state index in [1.54, 1.807) is 6.92 Å². The lowest BCUT2D eigenvalue weighted by Gasteiger charge is -2.13. The van der Waals surface area contributed by atoms with Gasteiger partial charge in [0.2, 0.25) is 0 Å². The highest BCUT2D eigenvalue weighted by atomic mass is 16.6. The van der Waals surface area contributed by atoms with Crippen LogP contribution in [0.25, 0.3) is 0 Å². The number of nitro benzene ring substituents is 1. The maximum atomic E-state index is 11.4. The first kappa shape index (κ1) is 14.5. The quantitative estimate of drug-likeness (QED) is 0.381. The van der Waals surface area contributed by atoms with Gasteiger partial charge in [-0.2, -0.15) is 0 Å². The molecule has 19 heavy (non-hydrogen) atoms. The molecule has 1 aromatic carbocycles. The number of hydrogen-bond acceptors (Lipinski definition) is 5. The minimum atomic E-state index is -0.553. The number of carbonyl (C=O) groups excluding carboxylic acids is 1. The largest absolute Gasteiger partial charge is 0.465 e. The Hall–Kier alpha value is -2.55. The van der Waals surface area contributed by atoms with Gasteiger partial charge >= 0.3 is 5.97 Å². The first-order valence-electron chi connectivity index (χ1n) is 5.56. The molecule has 0 aliphatic rings. The molecule has 100 valence electrons. The van der Waals surface area contributed by atoms with Crippen LogP contribution >= 0.6 is 0 Å². The van der Waals surface area contributed by atoms with Crippen molar-refractivity contribution in [1.82, 2.24) is 0 Å². The molecule has 0 heterocycles. The summed E-state index contributed by atoms with van der Waals surface area (Å²) in [7, 11) is 1.25. The molecule has 0 aliphatic carbocycles. The summed E-state index contributed by atoms with van der Waals surface area (Å²) in [6, 6.07) is 3.85. The molecule has 6 nitrogen and oxygen atoms in total. The number of anilines is 1. The fraction of sp³-hybridized carbons (Fsp3) is 0.308. The van der Waals surface area contributed by atoms with Crippen LogP contribution in [0, 0.1) is 22.5 Å². The van der Waals surface area contributed by atoms with Crippen LogP contribution in [0.5, 0.6) is 0 Å². The molecule has 1 rings (SSSR count). The van der Waals surface area contributed by atoms with Crippen LogP contribution in [0.15, 0.2) is 18.2 Å². The lowest BCUT2D eigenvalue weighted by molar-refractivity contribution is -0.384. The van der Waals surface area contributed by atoms with E-state index >= 15 is 0 Å². The highest BCUT2D eigenvalue weighted by molar-refractivity contribution is 5.91. The van der Waals surface area contributed by atoms with Crippen LogP contribution < -0.4 is 5.32 Å². The molecular weight excluding hydrogens is 248 g/mol. The molecule has 1 unspecified atom stereocenters. The van der Waals surface area contributed by atoms with Crippen molar-refractivity contribution in [3.8, 4) is 12.3 Å². The monoisotopic (exact) mass is 262 g/mol. The Morgan fingerprint density at radius 2 is 2.32 bits per heavy atom. The summed E-state index contributed by atoms with van der Waals surface area (Å²) in [6.07, 6.45) is 5.60. The summed E-state index contributed by atoms with van der Waals surface area (Å²) in [5.74, 6) is 1.91. The number of hydrogen-bond donors (Lipinski definition) is 1. The van der Waals surface area contributed by atoms with Gasteiger partial charge in [0.15, 0.2) is 0 Å². The highest BCUT2D eigenvalue weighted by Crippen LogP contribution is 2.26. The number of ether oxygens (including phenoxy) is 1. The van der Waals surface area contributed by atoms with Crippen molar-refractivity contribution in [2.45, 2.75) is 19.4 Å². The van der Waals surface area contributed by atoms with Gasteiger partial charge in [-0.1, -0.05) is 0 Å². The second-order valence-corrected chi connectivity index (χ2v) is 3.93. The first-order chi connectivity index (χ1) is 8.99. The van der Waals surface area contributed by atoms with Crippen LogP contribution in [0.2, 0.25) is 0 Å². The number of nitrogens with zero attached hydrogens (tertiary/aromatic N) is 1. The average molecular weight is 262 g/mol. The van der Waals surface area contributed by atoms with Crippen molar-refractivity contribution in [3.05, 3.63) is 33.9 Å². The predicted octanol–water partition coefficient (Wildman–Crippen LogP) is 2.21. The Morgan fingerprint density at radius 3 is 2.84 bits per heavy atom. The fourth-order valence-electron chi connectivity index (χ4n) is 1.55. The molecule has 1 aromatic rings. The Kier molecular flexibility index (Phi) is 4.89. The molecule has 0 bridgehead atoms. The molecule has 6 heteroatoms. The van der Waals surface area contributed by atoms with Gasteiger partial charge in [0.25, 0.3) is 5.69 Å². The summed E-state index contributed by atoms with van der Waals surface area (Å²) in [5, 5.41) is 13.8. The third-order valence-electron chi connectivity index (χ3n) is 2.44. The van der Waals surface area contributed by atoms with Crippen molar-refractivity contribution in [2.24, 2.45) is 0 Å². The van der Waals surface area contributed by atoms with E-state index in [4.69, 9.17) is 6.42 Å².